The summed E-state index contributed by atoms with van der Waals surface area (Å²) in [5, 5.41) is 4.92. The first-order valence-electron chi connectivity index (χ1n) is 10.2. The monoisotopic (exact) mass is 453 g/mol. The van der Waals surface area contributed by atoms with Gasteiger partial charge in [-0.2, -0.15) is 0 Å². The number of para-hydroxylation sites is 3. The van der Waals surface area contributed by atoms with Crippen LogP contribution in [0.5, 0.6) is 0 Å². The summed E-state index contributed by atoms with van der Waals surface area (Å²) < 4.78 is 5.39. The van der Waals surface area contributed by atoms with Gasteiger partial charge in [0.2, 0.25) is 11.8 Å². The topological polar surface area (TPSA) is 105 Å². The minimum absolute atomic E-state index is 0.178. The molecule has 4 rings (SSSR count). The van der Waals surface area contributed by atoms with Crippen LogP contribution in [-0.2, 0) is 23.9 Å². The van der Waals surface area contributed by atoms with E-state index in [4.69, 9.17) is 4.74 Å². The first kappa shape index (κ1) is 21.9. The summed E-state index contributed by atoms with van der Waals surface area (Å²) in [5.74, 6) is -1.80. The van der Waals surface area contributed by atoms with E-state index in [1.807, 2.05) is 18.2 Å². The summed E-state index contributed by atoms with van der Waals surface area (Å²) in [6.07, 6.45) is -1.31. The Bertz CT molecular complexity index is 1120. The number of fused-ring (bicyclic) bond motifs is 2. The summed E-state index contributed by atoms with van der Waals surface area (Å²) in [7, 11) is 0. The molecule has 0 aliphatic carbocycles. The molecule has 3 amide bonds. The van der Waals surface area contributed by atoms with Crippen molar-refractivity contribution in [2.24, 2.45) is 0 Å². The average Bonchev–Trinajstić information content (AvgIpc) is 2.74. The van der Waals surface area contributed by atoms with Gasteiger partial charge < -0.3 is 15.4 Å². The zero-order valence-electron chi connectivity index (χ0n) is 17.9. The number of rotatable bonds is 4. The predicted octanol–water partition coefficient (Wildman–Crippen LogP) is 3.19. The van der Waals surface area contributed by atoms with Crippen molar-refractivity contribution in [3.63, 3.8) is 0 Å². The molecule has 2 N–H and O–H groups in total. The molecular weight excluding hydrogens is 430 g/mol. The van der Waals surface area contributed by atoms with E-state index in [1.54, 1.807) is 44.2 Å². The molecule has 0 spiro atoms. The molecule has 2 heterocycles. The standard InChI is InChI=1S/C23H23N3O5S/c1-13(21(29)26-16-10-6-4-8-14(16)25-22(30)23(26,2)3)31-19(27)12-18-20(28)24-15-9-5-7-11-17(15)32-18/h4-11,13,18H,12H2,1-3H3,(H,24,28)(H,25,30)/t13-,18-/m0/s1. The van der Waals surface area contributed by atoms with Gasteiger partial charge in [-0.1, -0.05) is 24.3 Å². The fourth-order valence-corrected chi connectivity index (χ4v) is 4.80. The maximum absolute atomic E-state index is 13.3. The van der Waals surface area contributed by atoms with Gasteiger partial charge in [-0.05, 0) is 45.0 Å². The number of carbonyl (C=O) groups excluding carboxylic acids is 4. The minimum atomic E-state index is -1.17. The number of benzene rings is 2. The molecule has 0 aromatic heterocycles. The minimum Gasteiger partial charge on any atom is -0.452 e. The van der Waals surface area contributed by atoms with E-state index in [0.29, 0.717) is 17.1 Å². The molecule has 0 saturated heterocycles. The molecule has 0 unspecified atom stereocenters. The molecule has 0 saturated carbocycles. The van der Waals surface area contributed by atoms with E-state index in [9.17, 15) is 19.2 Å². The van der Waals surface area contributed by atoms with E-state index in [1.165, 1.54) is 23.6 Å². The number of hydrogen-bond acceptors (Lipinski definition) is 6. The SMILES string of the molecule is C[C@H](OC(=O)C[C@@H]1Sc2ccccc2NC1=O)C(=O)N1c2ccccc2NC(=O)C1(C)C. The van der Waals surface area contributed by atoms with Crippen molar-refractivity contribution in [3.05, 3.63) is 48.5 Å². The van der Waals surface area contributed by atoms with Crippen LogP contribution in [0.4, 0.5) is 17.1 Å². The second kappa shape index (κ2) is 8.31. The Morgan fingerprint density at radius 2 is 1.72 bits per heavy atom. The molecular formula is C23H23N3O5S. The van der Waals surface area contributed by atoms with Crippen LogP contribution in [0, 0.1) is 0 Å². The van der Waals surface area contributed by atoms with E-state index in [2.05, 4.69) is 10.6 Å². The molecule has 166 valence electrons. The van der Waals surface area contributed by atoms with Gasteiger partial charge in [0.15, 0.2) is 6.10 Å². The number of thioether (sulfide) groups is 1. The number of ether oxygens (including phenoxy) is 1. The van der Waals surface area contributed by atoms with E-state index < -0.39 is 28.8 Å². The highest BCUT2D eigenvalue weighted by molar-refractivity contribution is 8.01. The number of hydrogen-bond donors (Lipinski definition) is 2. The van der Waals surface area contributed by atoms with Crippen molar-refractivity contribution in [1.82, 2.24) is 0 Å². The molecule has 2 atom stereocenters. The van der Waals surface area contributed by atoms with Crippen molar-refractivity contribution < 1.29 is 23.9 Å². The average molecular weight is 454 g/mol. The predicted molar refractivity (Wildman–Crippen MR) is 122 cm³/mol. The van der Waals surface area contributed by atoms with Crippen LogP contribution in [0.3, 0.4) is 0 Å². The maximum atomic E-state index is 13.3. The van der Waals surface area contributed by atoms with E-state index in [-0.39, 0.29) is 18.2 Å². The zero-order valence-corrected chi connectivity index (χ0v) is 18.7. The number of esters is 1. The Hall–Kier alpha value is -3.33. The van der Waals surface area contributed by atoms with Gasteiger partial charge in [0.05, 0.1) is 28.7 Å². The van der Waals surface area contributed by atoms with Crippen molar-refractivity contribution in [3.8, 4) is 0 Å². The first-order valence-corrected chi connectivity index (χ1v) is 11.1. The lowest BCUT2D eigenvalue weighted by atomic mass is 9.95. The zero-order chi connectivity index (χ0) is 23.0. The molecule has 9 heteroatoms. The summed E-state index contributed by atoms with van der Waals surface area (Å²) >= 11 is 1.29. The van der Waals surface area contributed by atoms with Gasteiger partial charge >= 0.3 is 5.97 Å². The van der Waals surface area contributed by atoms with Crippen molar-refractivity contribution >= 4 is 52.5 Å². The van der Waals surface area contributed by atoms with Gasteiger partial charge in [0, 0.05) is 4.90 Å². The summed E-state index contributed by atoms with van der Waals surface area (Å²) in [5.41, 5.74) is 0.580. The van der Waals surface area contributed by atoms with Crippen molar-refractivity contribution in [2.45, 2.75) is 49.0 Å². The van der Waals surface area contributed by atoms with Gasteiger partial charge in [-0.3, -0.25) is 24.1 Å². The van der Waals surface area contributed by atoms with Crippen LogP contribution in [0.25, 0.3) is 0 Å². The summed E-state index contributed by atoms with van der Waals surface area (Å²) in [4.78, 5) is 53.0. The van der Waals surface area contributed by atoms with Crippen molar-refractivity contribution in [2.75, 3.05) is 15.5 Å². The summed E-state index contributed by atoms with van der Waals surface area (Å²) in [6, 6.07) is 14.3. The second-order valence-corrected chi connectivity index (χ2v) is 9.38. The van der Waals surface area contributed by atoms with Gasteiger partial charge in [0.1, 0.15) is 5.54 Å². The Morgan fingerprint density at radius 3 is 2.47 bits per heavy atom. The quantitative estimate of drug-likeness (QED) is 0.689. The van der Waals surface area contributed by atoms with Gasteiger partial charge in [-0.25, -0.2) is 0 Å². The molecule has 8 nitrogen and oxygen atoms in total. The van der Waals surface area contributed by atoms with Crippen LogP contribution in [0.2, 0.25) is 0 Å². The maximum Gasteiger partial charge on any atom is 0.308 e. The molecule has 0 bridgehead atoms. The lowest BCUT2D eigenvalue weighted by molar-refractivity contribution is -0.154. The largest absolute Gasteiger partial charge is 0.452 e. The molecule has 2 aromatic rings. The number of nitrogens with one attached hydrogen (secondary N) is 2. The van der Waals surface area contributed by atoms with Crippen LogP contribution in [-0.4, -0.2) is 40.6 Å². The lowest BCUT2D eigenvalue weighted by Gasteiger charge is -2.42. The number of anilines is 3. The van der Waals surface area contributed by atoms with Crippen molar-refractivity contribution in [1.29, 1.82) is 0 Å². The smallest absolute Gasteiger partial charge is 0.308 e. The fraction of sp³-hybridized carbons (Fsp3) is 0.304. The number of nitrogens with zero attached hydrogens (tertiary/aromatic N) is 1. The summed E-state index contributed by atoms with van der Waals surface area (Å²) in [6.45, 7) is 4.73. The molecule has 2 aliphatic heterocycles. The van der Waals surface area contributed by atoms with E-state index in [0.717, 1.165) is 4.90 Å². The van der Waals surface area contributed by atoms with Crippen LogP contribution in [0.1, 0.15) is 27.2 Å². The Labute approximate surface area is 189 Å². The number of carbonyl (C=O) groups is 4. The second-order valence-electron chi connectivity index (χ2n) is 8.13. The van der Waals surface area contributed by atoms with Crippen LogP contribution < -0.4 is 15.5 Å². The third kappa shape index (κ3) is 3.95. The van der Waals surface area contributed by atoms with Gasteiger partial charge in [0.25, 0.3) is 5.91 Å². The highest BCUT2D eigenvalue weighted by atomic mass is 32.2. The molecule has 2 aromatic carbocycles. The Morgan fingerprint density at radius 1 is 1.06 bits per heavy atom. The Balaban J connectivity index is 1.46. The lowest BCUT2D eigenvalue weighted by Crippen LogP contribution is -2.60. The third-order valence-corrected chi connectivity index (χ3v) is 6.72. The number of amides is 3. The van der Waals surface area contributed by atoms with Gasteiger partial charge in [-0.15, -0.1) is 11.8 Å². The Kier molecular flexibility index (Phi) is 5.68. The van der Waals surface area contributed by atoms with E-state index >= 15 is 0 Å². The molecule has 0 radical (unpaired) electrons. The highest BCUT2D eigenvalue weighted by Gasteiger charge is 2.45. The molecule has 0 fully saturated rings. The first-order chi connectivity index (χ1) is 15.2. The van der Waals surface area contributed by atoms with Crippen LogP contribution >= 0.6 is 11.8 Å². The highest BCUT2D eigenvalue weighted by Crippen LogP contribution is 2.38. The molecule has 32 heavy (non-hydrogen) atoms. The normalized spacial score (nSPS) is 19.7. The molecule has 2 aliphatic rings. The fourth-order valence-electron chi connectivity index (χ4n) is 3.70. The van der Waals surface area contributed by atoms with Crippen LogP contribution in [0.15, 0.2) is 53.4 Å². The third-order valence-electron chi connectivity index (χ3n) is 5.44.